The van der Waals surface area contributed by atoms with Gasteiger partial charge in [0.05, 0.1) is 28.0 Å². The SMILES string of the molecule is N#Cc1ccc(N2CCN(C(=O)c3n[nH]c(C4CC4)c3Cl)CC2)c(F)c1. The van der Waals surface area contributed by atoms with Gasteiger partial charge in [0.2, 0.25) is 0 Å². The molecule has 0 atom stereocenters. The summed E-state index contributed by atoms with van der Waals surface area (Å²) in [4.78, 5) is 16.3. The summed E-state index contributed by atoms with van der Waals surface area (Å²) in [6.07, 6.45) is 2.15. The first-order valence-electron chi connectivity index (χ1n) is 8.56. The summed E-state index contributed by atoms with van der Waals surface area (Å²) in [5.41, 5.74) is 1.87. The van der Waals surface area contributed by atoms with Crippen LogP contribution in [0.15, 0.2) is 18.2 Å². The third kappa shape index (κ3) is 3.01. The highest BCUT2D eigenvalue weighted by atomic mass is 35.5. The first-order valence-corrected chi connectivity index (χ1v) is 8.94. The van der Waals surface area contributed by atoms with Crippen molar-refractivity contribution in [3.8, 4) is 6.07 Å². The average molecular weight is 374 g/mol. The first-order chi connectivity index (χ1) is 12.6. The molecule has 2 aliphatic rings. The van der Waals surface area contributed by atoms with Crippen molar-refractivity contribution in [3.63, 3.8) is 0 Å². The summed E-state index contributed by atoms with van der Waals surface area (Å²) in [7, 11) is 0. The zero-order valence-electron chi connectivity index (χ0n) is 14.0. The molecular formula is C18H17ClFN5O. The normalized spacial score (nSPS) is 17.3. The number of hydrogen-bond acceptors (Lipinski definition) is 4. The van der Waals surface area contributed by atoms with Crippen molar-refractivity contribution in [2.45, 2.75) is 18.8 Å². The van der Waals surface area contributed by atoms with Crippen molar-refractivity contribution >= 4 is 23.2 Å². The minimum absolute atomic E-state index is 0.196. The summed E-state index contributed by atoms with van der Waals surface area (Å²) in [5.74, 6) is -0.223. The zero-order chi connectivity index (χ0) is 18.3. The number of rotatable bonds is 3. The van der Waals surface area contributed by atoms with E-state index in [1.54, 1.807) is 17.0 Å². The van der Waals surface area contributed by atoms with Gasteiger partial charge >= 0.3 is 0 Å². The Morgan fingerprint density at radius 3 is 2.65 bits per heavy atom. The van der Waals surface area contributed by atoms with E-state index in [1.165, 1.54) is 6.07 Å². The lowest BCUT2D eigenvalue weighted by molar-refractivity contribution is 0.0741. The van der Waals surface area contributed by atoms with E-state index in [9.17, 15) is 9.18 Å². The molecule has 4 rings (SSSR count). The third-order valence-corrected chi connectivity index (χ3v) is 5.29. The van der Waals surface area contributed by atoms with E-state index in [-0.39, 0.29) is 11.6 Å². The number of nitrogens with one attached hydrogen (secondary N) is 1. The number of benzene rings is 1. The lowest BCUT2D eigenvalue weighted by Crippen LogP contribution is -2.49. The van der Waals surface area contributed by atoms with Crippen LogP contribution in [0.2, 0.25) is 5.02 Å². The average Bonchev–Trinajstić information content (AvgIpc) is 3.43. The van der Waals surface area contributed by atoms with Crippen LogP contribution in [0, 0.1) is 17.1 Å². The molecule has 1 saturated carbocycles. The second-order valence-electron chi connectivity index (χ2n) is 6.63. The highest BCUT2D eigenvalue weighted by Gasteiger charge is 2.33. The van der Waals surface area contributed by atoms with Crippen molar-refractivity contribution in [1.29, 1.82) is 5.26 Å². The number of nitrogens with zero attached hydrogens (tertiary/aromatic N) is 4. The van der Waals surface area contributed by atoms with E-state index in [1.807, 2.05) is 11.0 Å². The van der Waals surface area contributed by atoms with E-state index >= 15 is 0 Å². The van der Waals surface area contributed by atoms with E-state index in [0.29, 0.717) is 48.4 Å². The molecule has 134 valence electrons. The van der Waals surface area contributed by atoms with Crippen LogP contribution in [0.25, 0.3) is 0 Å². The Morgan fingerprint density at radius 1 is 1.31 bits per heavy atom. The van der Waals surface area contributed by atoms with Gasteiger partial charge < -0.3 is 9.80 Å². The van der Waals surface area contributed by atoms with Gasteiger partial charge in [0.15, 0.2) is 5.69 Å². The number of carbonyl (C=O) groups excluding carboxylic acids is 1. The summed E-state index contributed by atoms with van der Waals surface area (Å²) >= 11 is 6.32. The van der Waals surface area contributed by atoms with E-state index < -0.39 is 5.82 Å². The summed E-state index contributed by atoms with van der Waals surface area (Å²) in [6.45, 7) is 1.93. The first kappa shape index (κ1) is 16.9. The van der Waals surface area contributed by atoms with Gasteiger partial charge in [0, 0.05) is 32.1 Å². The van der Waals surface area contributed by atoms with Gasteiger partial charge in [-0.05, 0) is 31.0 Å². The van der Waals surface area contributed by atoms with Gasteiger partial charge in [-0.3, -0.25) is 9.89 Å². The Balaban J connectivity index is 1.43. The van der Waals surface area contributed by atoms with Gasteiger partial charge in [-0.25, -0.2) is 4.39 Å². The number of halogens is 2. The highest BCUT2D eigenvalue weighted by Crippen LogP contribution is 2.43. The van der Waals surface area contributed by atoms with E-state index in [4.69, 9.17) is 16.9 Å². The number of H-pyrrole nitrogens is 1. The quantitative estimate of drug-likeness (QED) is 0.897. The van der Waals surface area contributed by atoms with E-state index in [0.717, 1.165) is 18.5 Å². The highest BCUT2D eigenvalue weighted by molar-refractivity contribution is 6.34. The Hall–Kier alpha value is -2.59. The Bertz CT molecular complexity index is 893. The molecule has 1 aliphatic carbocycles. The number of piperazine rings is 1. The van der Waals surface area contributed by atoms with Crippen LogP contribution >= 0.6 is 11.6 Å². The second kappa shape index (κ2) is 6.61. The summed E-state index contributed by atoms with van der Waals surface area (Å²) < 4.78 is 14.2. The minimum atomic E-state index is -0.423. The molecule has 8 heteroatoms. The monoisotopic (exact) mass is 373 g/mol. The second-order valence-corrected chi connectivity index (χ2v) is 7.01. The van der Waals surface area contributed by atoms with Crippen molar-refractivity contribution in [2.75, 3.05) is 31.1 Å². The standard InChI is InChI=1S/C18H17ClFN5O/c19-15-16(12-2-3-12)22-23-17(15)18(26)25-7-5-24(6-8-25)14-4-1-11(10-21)9-13(14)20/h1,4,9,12H,2-3,5-8H2,(H,22,23). The van der Waals surface area contributed by atoms with Crippen molar-refractivity contribution in [1.82, 2.24) is 15.1 Å². The zero-order valence-corrected chi connectivity index (χ0v) is 14.8. The molecule has 2 aromatic rings. The van der Waals surface area contributed by atoms with Crippen molar-refractivity contribution in [2.24, 2.45) is 0 Å². The van der Waals surface area contributed by atoms with Crippen LogP contribution in [-0.4, -0.2) is 47.2 Å². The van der Waals surface area contributed by atoms with Crippen LogP contribution in [0.1, 0.15) is 40.5 Å². The van der Waals surface area contributed by atoms with Crippen molar-refractivity contribution < 1.29 is 9.18 Å². The maximum atomic E-state index is 14.2. The third-order valence-electron chi connectivity index (χ3n) is 4.91. The van der Waals surface area contributed by atoms with Gasteiger partial charge in [-0.2, -0.15) is 10.4 Å². The number of anilines is 1. The molecule has 1 aromatic carbocycles. The van der Waals surface area contributed by atoms with E-state index in [2.05, 4.69) is 10.2 Å². The Morgan fingerprint density at radius 2 is 2.04 bits per heavy atom. The van der Waals surface area contributed by atoms with Gasteiger partial charge in [0.1, 0.15) is 5.82 Å². The summed E-state index contributed by atoms with van der Waals surface area (Å²) in [6, 6.07) is 6.36. The molecule has 6 nitrogen and oxygen atoms in total. The fourth-order valence-corrected chi connectivity index (χ4v) is 3.58. The number of amides is 1. The molecule has 1 amide bonds. The van der Waals surface area contributed by atoms with Gasteiger partial charge in [0.25, 0.3) is 5.91 Å². The maximum Gasteiger partial charge on any atom is 0.276 e. The largest absolute Gasteiger partial charge is 0.366 e. The van der Waals surface area contributed by atoms with Crippen molar-refractivity contribution in [3.05, 3.63) is 46.0 Å². The molecule has 0 radical (unpaired) electrons. The predicted octanol–water partition coefficient (Wildman–Crippen LogP) is 2.91. The number of aromatic amines is 1. The van der Waals surface area contributed by atoms with Crippen LogP contribution in [0.5, 0.6) is 0 Å². The molecule has 0 spiro atoms. The van der Waals surface area contributed by atoms with Crippen LogP contribution in [0.4, 0.5) is 10.1 Å². The van der Waals surface area contributed by atoms with Crippen LogP contribution in [-0.2, 0) is 0 Å². The molecular weight excluding hydrogens is 357 g/mol. The maximum absolute atomic E-state index is 14.2. The topological polar surface area (TPSA) is 76.0 Å². The van der Waals surface area contributed by atoms with Crippen LogP contribution < -0.4 is 4.90 Å². The Labute approximate surface area is 155 Å². The lowest BCUT2D eigenvalue weighted by atomic mass is 10.1. The van der Waals surface area contributed by atoms with Gasteiger partial charge in [-0.1, -0.05) is 11.6 Å². The number of aromatic nitrogens is 2. The molecule has 1 aromatic heterocycles. The number of carbonyl (C=O) groups is 1. The molecule has 2 heterocycles. The predicted molar refractivity (Wildman–Crippen MR) is 94.8 cm³/mol. The minimum Gasteiger partial charge on any atom is -0.366 e. The molecule has 0 unspecified atom stereocenters. The number of hydrogen-bond donors (Lipinski definition) is 1. The van der Waals surface area contributed by atoms with Crippen LogP contribution in [0.3, 0.4) is 0 Å². The fourth-order valence-electron chi connectivity index (χ4n) is 3.26. The number of nitriles is 1. The molecule has 1 N–H and O–H groups in total. The summed E-state index contributed by atoms with van der Waals surface area (Å²) in [5, 5.41) is 16.3. The molecule has 2 fully saturated rings. The molecule has 0 bridgehead atoms. The fraction of sp³-hybridized carbons (Fsp3) is 0.389. The molecule has 1 saturated heterocycles. The smallest absolute Gasteiger partial charge is 0.276 e. The molecule has 26 heavy (non-hydrogen) atoms. The Kier molecular flexibility index (Phi) is 4.29. The lowest BCUT2D eigenvalue weighted by Gasteiger charge is -2.36. The molecule has 1 aliphatic heterocycles. The van der Waals surface area contributed by atoms with Gasteiger partial charge in [-0.15, -0.1) is 0 Å².